The first-order valence-corrected chi connectivity index (χ1v) is 7.99. The molecule has 1 fully saturated rings. The molecule has 1 aliphatic rings. The van der Waals surface area contributed by atoms with Gasteiger partial charge in [0.05, 0.1) is 16.5 Å². The Balaban J connectivity index is 2.11. The number of hydrogen-bond donors (Lipinski definition) is 1. The monoisotopic (exact) mass is 289 g/mol. The van der Waals surface area contributed by atoms with Gasteiger partial charge in [-0.3, -0.25) is 0 Å². The summed E-state index contributed by atoms with van der Waals surface area (Å²) in [7, 11) is -2.94. The molecule has 0 bridgehead atoms. The maximum Gasteiger partial charge on any atom is 0.154 e. The average Bonchev–Trinajstić information content (AvgIpc) is 2.61. The molecule has 4 nitrogen and oxygen atoms in total. The Hall–Kier alpha value is -0.780. The van der Waals surface area contributed by atoms with Crippen LogP contribution in [0.4, 0.5) is 0 Å². The third-order valence-electron chi connectivity index (χ3n) is 2.97. The van der Waals surface area contributed by atoms with Gasteiger partial charge in [0.25, 0.3) is 0 Å². The molecule has 0 aromatic heterocycles. The molecule has 0 amide bonds. The van der Waals surface area contributed by atoms with Crippen molar-refractivity contribution < 1.29 is 13.2 Å². The molecule has 2 N–H and O–H groups in total. The number of rotatable bonds is 3. The minimum atomic E-state index is -2.94. The van der Waals surface area contributed by atoms with Crippen LogP contribution in [0.2, 0.25) is 5.02 Å². The lowest BCUT2D eigenvalue weighted by molar-refractivity contribution is 0.229. The fourth-order valence-electron chi connectivity index (χ4n) is 1.93. The van der Waals surface area contributed by atoms with Gasteiger partial charge in [-0.1, -0.05) is 17.7 Å². The van der Waals surface area contributed by atoms with Gasteiger partial charge in [-0.2, -0.15) is 0 Å². The smallest absolute Gasteiger partial charge is 0.154 e. The van der Waals surface area contributed by atoms with Gasteiger partial charge in [-0.05, 0) is 31.0 Å². The lowest BCUT2D eigenvalue weighted by Crippen LogP contribution is -2.18. The quantitative estimate of drug-likeness (QED) is 0.923. The molecule has 1 heterocycles. The summed E-state index contributed by atoms with van der Waals surface area (Å²) >= 11 is 6.09. The summed E-state index contributed by atoms with van der Waals surface area (Å²) in [6.45, 7) is 1.87. The van der Waals surface area contributed by atoms with Crippen LogP contribution in [0.5, 0.6) is 5.75 Å². The predicted octanol–water partition coefficient (Wildman–Crippen LogP) is 1.93. The highest BCUT2D eigenvalue weighted by Crippen LogP contribution is 2.29. The second kappa shape index (κ2) is 5.07. The molecule has 1 aromatic rings. The lowest BCUT2D eigenvalue weighted by Gasteiger charge is -2.15. The van der Waals surface area contributed by atoms with Crippen LogP contribution < -0.4 is 10.5 Å². The Morgan fingerprint density at radius 2 is 2.22 bits per heavy atom. The number of hydrogen-bond acceptors (Lipinski definition) is 4. The van der Waals surface area contributed by atoms with E-state index in [1.165, 1.54) is 0 Å². The van der Waals surface area contributed by atoms with E-state index in [0.29, 0.717) is 17.2 Å². The van der Waals surface area contributed by atoms with Gasteiger partial charge >= 0.3 is 0 Å². The molecular formula is C12H16ClNO3S. The highest BCUT2D eigenvalue weighted by molar-refractivity contribution is 7.91. The summed E-state index contributed by atoms with van der Waals surface area (Å²) in [6.07, 6.45) is 0.224. The first kappa shape index (κ1) is 13.6. The highest BCUT2D eigenvalue weighted by atomic mass is 35.5. The molecule has 1 unspecified atom stereocenters. The second-order valence-electron chi connectivity index (χ2n) is 4.62. The summed E-state index contributed by atoms with van der Waals surface area (Å²) in [5.41, 5.74) is 6.68. The Bertz CT molecular complexity index is 542. The van der Waals surface area contributed by atoms with E-state index < -0.39 is 9.84 Å². The van der Waals surface area contributed by atoms with Gasteiger partial charge in [0.15, 0.2) is 9.84 Å². The lowest BCUT2D eigenvalue weighted by atomic mass is 10.1. The zero-order valence-corrected chi connectivity index (χ0v) is 11.7. The van der Waals surface area contributed by atoms with Crippen LogP contribution in [0.25, 0.3) is 0 Å². The van der Waals surface area contributed by atoms with Crippen LogP contribution >= 0.6 is 11.6 Å². The molecule has 1 saturated heterocycles. The van der Waals surface area contributed by atoms with Gasteiger partial charge in [0.2, 0.25) is 0 Å². The molecule has 0 saturated carbocycles. The topological polar surface area (TPSA) is 69.4 Å². The van der Waals surface area contributed by atoms with Crippen molar-refractivity contribution in [3.05, 3.63) is 28.8 Å². The van der Waals surface area contributed by atoms with Crippen LogP contribution in [0.1, 0.15) is 24.9 Å². The summed E-state index contributed by atoms with van der Waals surface area (Å²) < 4.78 is 28.3. The average molecular weight is 290 g/mol. The van der Waals surface area contributed by atoms with Crippen molar-refractivity contribution in [1.29, 1.82) is 0 Å². The molecule has 1 aromatic carbocycles. The number of sulfone groups is 1. The van der Waals surface area contributed by atoms with Crippen LogP contribution in [-0.4, -0.2) is 26.0 Å². The summed E-state index contributed by atoms with van der Waals surface area (Å²) in [5, 5.41) is 0.467. The number of benzene rings is 1. The minimum Gasteiger partial charge on any atom is -0.488 e. The highest BCUT2D eigenvalue weighted by Gasteiger charge is 2.29. The van der Waals surface area contributed by atoms with Gasteiger partial charge in [0.1, 0.15) is 11.9 Å². The van der Waals surface area contributed by atoms with Crippen molar-refractivity contribution >= 4 is 21.4 Å². The van der Waals surface area contributed by atoms with E-state index in [1.54, 1.807) is 12.1 Å². The SMILES string of the molecule is C[C@H](N)c1ccc(OC2CCS(=O)(=O)C2)c(Cl)c1. The maximum absolute atomic E-state index is 11.3. The zero-order valence-electron chi connectivity index (χ0n) is 10.1. The third kappa shape index (κ3) is 3.16. The van der Waals surface area contributed by atoms with Crippen molar-refractivity contribution in [3.8, 4) is 5.75 Å². The molecule has 2 atom stereocenters. The molecule has 0 aliphatic carbocycles. The number of ether oxygens (including phenoxy) is 1. The zero-order chi connectivity index (χ0) is 13.3. The van der Waals surface area contributed by atoms with E-state index in [-0.39, 0.29) is 23.7 Å². The number of nitrogens with two attached hydrogens (primary N) is 1. The van der Waals surface area contributed by atoms with E-state index in [0.717, 1.165) is 5.56 Å². The first-order valence-electron chi connectivity index (χ1n) is 5.79. The van der Waals surface area contributed by atoms with Crippen LogP contribution in [0, 0.1) is 0 Å². The van der Waals surface area contributed by atoms with Crippen LogP contribution in [-0.2, 0) is 9.84 Å². The van der Waals surface area contributed by atoms with Crippen molar-refractivity contribution in [1.82, 2.24) is 0 Å². The van der Waals surface area contributed by atoms with Crippen molar-refractivity contribution in [2.24, 2.45) is 5.73 Å². The summed E-state index contributed by atoms with van der Waals surface area (Å²) in [5.74, 6) is 0.772. The minimum absolute atomic E-state index is 0.0678. The van der Waals surface area contributed by atoms with Gasteiger partial charge in [0, 0.05) is 6.04 Å². The van der Waals surface area contributed by atoms with E-state index in [2.05, 4.69) is 0 Å². The molecule has 100 valence electrons. The Labute approximate surface area is 112 Å². The maximum atomic E-state index is 11.3. The van der Waals surface area contributed by atoms with E-state index in [1.807, 2.05) is 13.0 Å². The van der Waals surface area contributed by atoms with E-state index in [4.69, 9.17) is 22.1 Å². The molecule has 0 spiro atoms. The summed E-state index contributed by atoms with van der Waals surface area (Å²) in [6, 6.07) is 5.25. The molecule has 18 heavy (non-hydrogen) atoms. The van der Waals surface area contributed by atoms with Crippen molar-refractivity contribution in [2.75, 3.05) is 11.5 Å². The Kier molecular flexibility index (Phi) is 3.84. The Morgan fingerprint density at radius 3 is 2.72 bits per heavy atom. The normalized spacial score (nSPS) is 23.8. The molecule has 1 aliphatic heterocycles. The van der Waals surface area contributed by atoms with E-state index in [9.17, 15) is 8.42 Å². The van der Waals surface area contributed by atoms with E-state index >= 15 is 0 Å². The van der Waals surface area contributed by atoms with Crippen molar-refractivity contribution in [3.63, 3.8) is 0 Å². The predicted molar refractivity (Wildman–Crippen MR) is 71.7 cm³/mol. The Morgan fingerprint density at radius 1 is 1.50 bits per heavy atom. The third-order valence-corrected chi connectivity index (χ3v) is 5.00. The number of halogens is 1. The molecular weight excluding hydrogens is 274 g/mol. The largest absolute Gasteiger partial charge is 0.488 e. The standard InChI is InChI=1S/C12H16ClNO3S/c1-8(14)9-2-3-12(11(13)6-9)17-10-4-5-18(15,16)7-10/h2-3,6,8,10H,4-5,7,14H2,1H3/t8-,10?/m0/s1. The molecule has 6 heteroatoms. The first-order chi connectivity index (χ1) is 8.37. The van der Waals surface area contributed by atoms with Crippen LogP contribution in [0.3, 0.4) is 0 Å². The van der Waals surface area contributed by atoms with Crippen LogP contribution in [0.15, 0.2) is 18.2 Å². The van der Waals surface area contributed by atoms with Gasteiger partial charge in [-0.15, -0.1) is 0 Å². The van der Waals surface area contributed by atoms with Crippen molar-refractivity contribution in [2.45, 2.75) is 25.5 Å². The molecule has 2 rings (SSSR count). The molecule has 0 radical (unpaired) electrons. The second-order valence-corrected chi connectivity index (χ2v) is 7.26. The summed E-state index contributed by atoms with van der Waals surface area (Å²) in [4.78, 5) is 0. The fraction of sp³-hybridized carbons (Fsp3) is 0.500. The fourth-order valence-corrected chi connectivity index (χ4v) is 3.75. The van der Waals surface area contributed by atoms with Gasteiger partial charge in [-0.25, -0.2) is 8.42 Å². The van der Waals surface area contributed by atoms with Gasteiger partial charge < -0.3 is 10.5 Å².